The van der Waals surface area contributed by atoms with E-state index in [4.69, 9.17) is 4.74 Å². The molecule has 1 amide bonds. The van der Waals surface area contributed by atoms with Crippen molar-refractivity contribution < 1.29 is 22.7 Å². The second-order valence-corrected chi connectivity index (χ2v) is 5.75. The molecule has 26 heavy (non-hydrogen) atoms. The normalized spacial score (nSPS) is 11.9. The molecule has 140 valence electrons. The molecule has 0 spiro atoms. The van der Waals surface area contributed by atoms with E-state index in [1.807, 2.05) is 19.9 Å². The number of halogens is 3. The van der Waals surface area contributed by atoms with Crippen LogP contribution < -0.4 is 5.43 Å². The predicted molar refractivity (Wildman–Crippen MR) is 92.3 cm³/mol. The fourth-order valence-electron chi connectivity index (χ4n) is 2.55. The van der Waals surface area contributed by atoms with Crippen LogP contribution in [0.25, 0.3) is 0 Å². The van der Waals surface area contributed by atoms with Gasteiger partial charge in [-0.3, -0.25) is 4.79 Å². The summed E-state index contributed by atoms with van der Waals surface area (Å²) in [6, 6.07) is 6.10. The molecule has 1 heterocycles. The highest BCUT2D eigenvalue weighted by Gasteiger charge is 2.30. The molecule has 1 aromatic heterocycles. The molecule has 0 radical (unpaired) electrons. The Morgan fingerprint density at radius 1 is 1.31 bits per heavy atom. The van der Waals surface area contributed by atoms with Crippen molar-refractivity contribution in [1.29, 1.82) is 0 Å². The zero-order valence-corrected chi connectivity index (χ0v) is 14.7. The number of carbonyl (C=O) groups excluding carboxylic acids is 1. The monoisotopic (exact) mass is 367 g/mol. The van der Waals surface area contributed by atoms with Gasteiger partial charge in [-0.15, -0.1) is 0 Å². The lowest BCUT2D eigenvalue weighted by Crippen LogP contribution is -2.18. The fourth-order valence-corrected chi connectivity index (χ4v) is 2.55. The second-order valence-electron chi connectivity index (χ2n) is 5.75. The first-order valence-electron chi connectivity index (χ1n) is 7.90. The average Bonchev–Trinajstić information content (AvgIpc) is 2.86. The highest BCUT2D eigenvalue weighted by molar-refractivity contribution is 5.95. The van der Waals surface area contributed by atoms with Crippen LogP contribution in [0.4, 0.5) is 13.2 Å². The summed E-state index contributed by atoms with van der Waals surface area (Å²) in [5.74, 6) is -0.708. The number of methoxy groups -OCH3 is 1. The molecular weight excluding hydrogens is 347 g/mol. The summed E-state index contributed by atoms with van der Waals surface area (Å²) in [6.07, 6.45) is -3.03. The van der Waals surface area contributed by atoms with Crippen LogP contribution in [0.5, 0.6) is 0 Å². The Morgan fingerprint density at radius 3 is 2.69 bits per heavy atom. The van der Waals surface area contributed by atoms with Gasteiger partial charge in [0, 0.05) is 36.2 Å². The van der Waals surface area contributed by atoms with Crippen LogP contribution in [-0.4, -0.2) is 30.4 Å². The van der Waals surface area contributed by atoms with Gasteiger partial charge >= 0.3 is 6.18 Å². The minimum absolute atomic E-state index is 0.109. The summed E-state index contributed by atoms with van der Waals surface area (Å²) in [4.78, 5) is 12.0. The molecule has 1 N–H and O–H groups in total. The third kappa shape index (κ3) is 4.72. The minimum Gasteiger partial charge on any atom is -0.383 e. The maximum absolute atomic E-state index is 12.7. The van der Waals surface area contributed by atoms with Crippen molar-refractivity contribution in [3.63, 3.8) is 0 Å². The fraction of sp³-hybridized carbons (Fsp3) is 0.333. The van der Waals surface area contributed by atoms with E-state index < -0.39 is 17.6 Å². The summed E-state index contributed by atoms with van der Waals surface area (Å²) in [5.41, 5.74) is 4.05. The van der Waals surface area contributed by atoms with Crippen molar-refractivity contribution >= 4 is 12.1 Å². The van der Waals surface area contributed by atoms with Crippen LogP contribution in [0.1, 0.15) is 32.9 Å². The van der Waals surface area contributed by atoms with Gasteiger partial charge in [-0.1, -0.05) is 6.07 Å². The van der Waals surface area contributed by atoms with Gasteiger partial charge in [0.15, 0.2) is 0 Å². The summed E-state index contributed by atoms with van der Waals surface area (Å²) >= 11 is 0. The highest BCUT2D eigenvalue weighted by Crippen LogP contribution is 2.29. The number of aromatic nitrogens is 1. The number of rotatable bonds is 6. The molecule has 0 aliphatic carbocycles. The third-order valence-corrected chi connectivity index (χ3v) is 3.95. The number of hydrogen-bond acceptors (Lipinski definition) is 3. The van der Waals surface area contributed by atoms with E-state index in [-0.39, 0.29) is 5.56 Å². The van der Waals surface area contributed by atoms with Crippen LogP contribution in [0.2, 0.25) is 0 Å². The average molecular weight is 367 g/mol. The first kappa shape index (κ1) is 19.7. The Kier molecular flexibility index (Phi) is 6.20. The van der Waals surface area contributed by atoms with E-state index in [1.165, 1.54) is 18.3 Å². The lowest BCUT2D eigenvalue weighted by atomic mass is 10.1. The van der Waals surface area contributed by atoms with Crippen molar-refractivity contribution in [2.24, 2.45) is 5.10 Å². The summed E-state index contributed by atoms with van der Waals surface area (Å²) in [5, 5.41) is 3.85. The number of benzene rings is 1. The highest BCUT2D eigenvalue weighted by atomic mass is 19.4. The van der Waals surface area contributed by atoms with Crippen molar-refractivity contribution in [3.8, 4) is 0 Å². The lowest BCUT2D eigenvalue weighted by molar-refractivity contribution is -0.137. The van der Waals surface area contributed by atoms with Crippen LogP contribution in [-0.2, 0) is 17.5 Å². The maximum atomic E-state index is 12.7. The zero-order valence-electron chi connectivity index (χ0n) is 14.7. The molecule has 2 rings (SSSR count). The molecule has 0 aliphatic rings. The van der Waals surface area contributed by atoms with Gasteiger partial charge in [-0.25, -0.2) is 5.43 Å². The first-order valence-corrected chi connectivity index (χ1v) is 7.90. The van der Waals surface area contributed by atoms with Gasteiger partial charge in [0.1, 0.15) is 0 Å². The number of nitrogens with zero attached hydrogens (tertiary/aromatic N) is 2. The minimum atomic E-state index is -4.50. The first-order chi connectivity index (χ1) is 12.2. The van der Waals surface area contributed by atoms with Gasteiger partial charge in [0.25, 0.3) is 5.91 Å². The molecular formula is C18H20F3N3O2. The molecule has 0 atom stereocenters. The van der Waals surface area contributed by atoms with Crippen LogP contribution >= 0.6 is 0 Å². The predicted octanol–water partition coefficient (Wildman–Crippen LogP) is 3.53. The number of amides is 1. The van der Waals surface area contributed by atoms with E-state index >= 15 is 0 Å². The van der Waals surface area contributed by atoms with Crippen LogP contribution in [0.3, 0.4) is 0 Å². The van der Waals surface area contributed by atoms with E-state index in [0.29, 0.717) is 13.2 Å². The molecule has 0 fully saturated rings. The standard InChI is InChI=1S/C18H20F3N3O2/c1-12-9-15(13(2)24(12)7-8-26-3)11-22-23-17(25)14-5-4-6-16(10-14)18(19,20)21/h4-6,9-11H,7-8H2,1-3H3,(H,23,25). The van der Waals surface area contributed by atoms with Gasteiger partial charge in [-0.05, 0) is 38.1 Å². The summed E-state index contributed by atoms with van der Waals surface area (Å²) in [7, 11) is 1.62. The molecule has 0 aliphatic heterocycles. The van der Waals surface area contributed by atoms with Crippen LogP contribution in [0, 0.1) is 13.8 Å². The van der Waals surface area contributed by atoms with Crippen molar-refractivity contribution in [2.45, 2.75) is 26.6 Å². The number of ether oxygens (including phenoxy) is 1. The lowest BCUT2D eigenvalue weighted by Gasteiger charge is -2.08. The number of hydrogen-bond donors (Lipinski definition) is 1. The summed E-state index contributed by atoms with van der Waals surface area (Å²) < 4.78 is 45.2. The molecule has 1 aromatic carbocycles. The second kappa shape index (κ2) is 8.18. The Bertz CT molecular complexity index is 810. The van der Waals surface area contributed by atoms with Gasteiger partial charge < -0.3 is 9.30 Å². The number of aryl methyl sites for hydroxylation is 1. The maximum Gasteiger partial charge on any atom is 0.416 e. The van der Waals surface area contributed by atoms with Crippen LogP contribution in [0.15, 0.2) is 35.4 Å². The van der Waals surface area contributed by atoms with E-state index in [2.05, 4.69) is 15.1 Å². The van der Waals surface area contributed by atoms with E-state index in [0.717, 1.165) is 29.1 Å². The van der Waals surface area contributed by atoms with Gasteiger partial charge in [0.05, 0.1) is 18.4 Å². The quantitative estimate of drug-likeness (QED) is 0.627. The molecule has 0 unspecified atom stereocenters. The summed E-state index contributed by atoms with van der Waals surface area (Å²) in [6.45, 7) is 5.12. The largest absolute Gasteiger partial charge is 0.416 e. The SMILES string of the molecule is COCCn1c(C)cc(C=NNC(=O)c2cccc(C(F)(F)F)c2)c1C. The molecule has 0 saturated heterocycles. The van der Waals surface area contributed by atoms with Crippen molar-refractivity contribution in [1.82, 2.24) is 9.99 Å². The van der Waals surface area contributed by atoms with E-state index in [1.54, 1.807) is 7.11 Å². The molecule has 8 heteroatoms. The topological polar surface area (TPSA) is 55.6 Å². The number of carbonyl (C=O) groups is 1. The molecule has 5 nitrogen and oxygen atoms in total. The zero-order chi connectivity index (χ0) is 19.3. The molecule has 0 bridgehead atoms. The third-order valence-electron chi connectivity index (χ3n) is 3.95. The number of hydrazone groups is 1. The Hall–Kier alpha value is -2.61. The number of alkyl halides is 3. The van der Waals surface area contributed by atoms with Gasteiger partial charge in [0.2, 0.25) is 0 Å². The van der Waals surface area contributed by atoms with Crippen molar-refractivity contribution in [2.75, 3.05) is 13.7 Å². The smallest absolute Gasteiger partial charge is 0.383 e. The molecule has 0 saturated carbocycles. The van der Waals surface area contributed by atoms with E-state index in [9.17, 15) is 18.0 Å². The Labute approximate surface area is 149 Å². The molecule has 2 aromatic rings. The Balaban J connectivity index is 2.08. The Morgan fingerprint density at radius 2 is 2.04 bits per heavy atom. The number of nitrogens with one attached hydrogen (secondary N) is 1. The van der Waals surface area contributed by atoms with Crippen molar-refractivity contribution in [3.05, 3.63) is 58.4 Å². The van der Waals surface area contributed by atoms with Gasteiger partial charge in [-0.2, -0.15) is 18.3 Å².